The number of ether oxygens (including phenoxy) is 5. The number of rotatable bonds is 12. The lowest BCUT2D eigenvalue weighted by molar-refractivity contribution is -0.139. The van der Waals surface area contributed by atoms with Crippen LogP contribution in [0, 0.1) is 3.57 Å². The Bertz CT molecular complexity index is 1420. The van der Waals surface area contributed by atoms with Gasteiger partial charge in [0.1, 0.15) is 0 Å². The third-order valence-corrected chi connectivity index (χ3v) is 6.43. The number of nitrogens with zero attached hydrogens (tertiary/aromatic N) is 1. The molecule has 0 spiro atoms. The fourth-order valence-electron chi connectivity index (χ4n) is 3.93. The maximum Gasteiger partial charge on any atom is 0.338 e. The number of methoxy groups -OCH3 is 1. The Kier molecular flexibility index (Phi) is 11.5. The molecule has 2 aromatic carbocycles. The molecule has 1 atom stereocenters. The van der Waals surface area contributed by atoms with Crippen LogP contribution in [0.15, 0.2) is 46.7 Å². The van der Waals surface area contributed by atoms with Gasteiger partial charge in [-0.3, -0.25) is 9.59 Å². The predicted molar refractivity (Wildman–Crippen MR) is 160 cm³/mol. The highest BCUT2D eigenvalue weighted by Crippen LogP contribution is 2.35. The summed E-state index contributed by atoms with van der Waals surface area (Å²) >= 11 is 2.02. The van der Waals surface area contributed by atoms with Gasteiger partial charge in [-0.15, -0.1) is 0 Å². The molecule has 3 N–H and O–H groups in total. The van der Waals surface area contributed by atoms with Gasteiger partial charge < -0.3 is 34.3 Å². The number of carbonyl (C=O) groups excluding carboxylic acids is 4. The van der Waals surface area contributed by atoms with Crippen LogP contribution in [-0.4, -0.2) is 57.0 Å². The van der Waals surface area contributed by atoms with Crippen LogP contribution >= 0.6 is 22.6 Å². The van der Waals surface area contributed by atoms with Gasteiger partial charge in [0.25, 0.3) is 5.91 Å². The van der Waals surface area contributed by atoms with E-state index in [2.05, 4.69) is 21.2 Å². The van der Waals surface area contributed by atoms with E-state index in [0.717, 1.165) is 0 Å². The molecule has 0 unspecified atom stereocenters. The van der Waals surface area contributed by atoms with Crippen LogP contribution in [0.1, 0.15) is 44.9 Å². The Hall–Kier alpha value is -4.34. The zero-order valence-corrected chi connectivity index (χ0v) is 25.8. The standard InChI is InChI=1S/C28H31IN4O9/c1-6-39-22-11-17(10-19(29)26(22)42-16(4)34)13-30-33-23(35)14-41-20-9-8-18(12-21(20)38-5)25-24(27(36)40-7-2)15(3)31-28(37)32-25/h8-13,25H,6-7,14H2,1-5H3,(H,33,35)(H2,31,32,37)/b30-13+/t25-/m1/s1. The first-order valence-electron chi connectivity index (χ1n) is 12.8. The van der Waals surface area contributed by atoms with E-state index in [0.29, 0.717) is 38.5 Å². The first-order chi connectivity index (χ1) is 20.1. The Morgan fingerprint density at radius 1 is 1.07 bits per heavy atom. The van der Waals surface area contributed by atoms with Gasteiger partial charge in [-0.05, 0) is 78.8 Å². The molecule has 0 radical (unpaired) electrons. The predicted octanol–water partition coefficient (Wildman–Crippen LogP) is 3.34. The maximum atomic E-state index is 12.6. The molecule has 224 valence electrons. The van der Waals surface area contributed by atoms with Crippen molar-refractivity contribution in [3.63, 3.8) is 0 Å². The van der Waals surface area contributed by atoms with Crippen LogP contribution in [0.2, 0.25) is 0 Å². The molecule has 13 nitrogen and oxygen atoms in total. The van der Waals surface area contributed by atoms with Crippen molar-refractivity contribution in [2.24, 2.45) is 5.10 Å². The highest BCUT2D eigenvalue weighted by Gasteiger charge is 2.32. The molecule has 2 aromatic rings. The number of urea groups is 1. The van der Waals surface area contributed by atoms with E-state index in [-0.39, 0.29) is 30.3 Å². The van der Waals surface area contributed by atoms with Gasteiger partial charge in [0.2, 0.25) is 0 Å². The van der Waals surface area contributed by atoms with Gasteiger partial charge >= 0.3 is 18.0 Å². The van der Waals surface area contributed by atoms with Crippen molar-refractivity contribution in [1.29, 1.82) is 0 Å². The summed E-state index contributed by atoms with van der Waals surface area (Å²) in [5, 5.41) is 9.26. The molecular formula is C28H31IN4O9. The molecule has 3 amide bonds. The molecule has 0 aliphatic carbocycles. The molecule has 0 bridgehead atoms. The molecular weight excluding hydrogens is 663 g/mol. The monoisotopic (exact) mass is 694 g/mol. The van der Waals surface area contributed by atoms with Gasteiger partial charge in [0.05, 0.1) is 41.7 Å². The van der Waals surface area contributed by atoms with Gasteiger partial charge in [-0.1, -0.05) is 6.07 Å². The lowest BCUT2D eigenvalue weighted by atomic mass is 9.95. The fourth-order valence-corrected chi connectivity index (χ4v) is 4.66. The second-order valence-electron chi connectivity index (χ2n) is 8.64. The molecule has 1 heterocycles. The normalized spacial score (nSPS) is 14.5. The summed E-state index contributed by atoms with van der Waals surface area (Å²) in [6.45, 7) is 6.57. The van der Waals surface area contributed by atoms with Crippen molar-refractivity contribution < 1.29 is 42.9 Å². The average Bonchev–Trinajstić information content (AvgIpc) is 2.93. The molecule has 0 fully saturated rings. The van der Waals surface area contributed by atoms with Gasteiger partial charge in [0.15, 0.2) is 29.6 Å². The minimum Gasteiger partial charge on any atom is -0.493 e. The number of hydrogen-bond acceptors (Lipinski definition) is 10. The Morgan fingerprint density at radius 2 is 1.83 bits per heavy atom. The first-order valence-corrected chi connectivity index (χ1v) is 13.9. The third kappa shape index (κ3) is 8.34. The van der Waals surface area contributed by atoms with Crippen molar-refractivity contribution in [1.82, 2.24) is 16.1 Å². The van der Waals surface area contributed by atoms with Crippen LogP contribution in [0.25, 0.3) is 0 Å². The second kappa shape index (κ2) is 15.0. The minimum atomic E-state index is -0.784. The summed E-state index contributed by atoms with van der Waals surface area (Å²) in [5.41, 5.74) is 4.17. The van der Waals surface area contributed by atoms with E-state index >= 15 is 0 Å². The number of hydrazone groups is 1. The van der Waals surface area contributed by atoms with Crippen molar-refractivity contribution >= 4 is 52.7 Å². The topological polar surface area (TPSA) is 163 Å². The number of esters is 2. The quantitative estimate of drug-likeness (QED) is 0.0995. The third-order valence-electron chi connectivity index (χ3n) is 5.62. The SMILES string of the molecule is CCOC(=O)C1=C(C)NC(=O)N[C@@H]1c1ccc(OCC(=O)N/N=C/c2cc(I)c(OC(C)=O)c(OCC)c2)c(OC)c1. The van der Waals surface area contributed by atoms with E-state index in [9.17, 15) is 19.2 Å². The maximum absolute atomic E-state index is 12.6. The number of benzene rings is 2. The molecule has 42 heavy (non-hydrogen) atoms. The summed E-state index contributed by atoms with van der Waals surface area (Å²) in [6.07, 6.45) is 1.42. The molecule has 0 saturated heterocycles. The van der Waals surface area contributed by atoms with E-state index in [1.165, 1.54) is 20.2 Å². The number of allylic oxidation sites excluding steroid dienone is 1. The Labute approximate surface area is 256 Å². The lowest BCUT2D eigenvalue weighted by Gasteiger charge is -2.28. The Balaban J connectivity index is 1.68. The lowest BCUT2D eigenvalue weighted by Crippen LogP contribution is -2.45. The van der Waals surface area contributed by atoms with E-state index in [4.69, 9.17) is 23.7 Å². The number of amides is 3. The molecule has 1 aliphatic rings. The summed E-state index contributed by atoms with van der Waals surface area (Å²) in [6, 6.07) is 6.92. The zero-order valence-electron chi connectivity index (χ0n) is 23.7. The summed E-state index contributed by atoms with van der Waals surface area (Å²) in [5.74, 6) is -0.351. The van der Waals surface area contributed by atoms with E-state index in [1.807, 2.05) is 22.6 Å². The largest absolute Gasteiger partial charge is 0.493 e. The average molecular weight is 694 g/mol. The van der Waals surface area contributed by atoms with Crippen LogP contribution < -0.4 is 35.0 Å². The smallest absolute Gasteiger partial charge is 0.338 e. The highest BCUT2D eigenvalue weighted by molar-refractivity contribution is 14.1. The number of nitrogens with one attached hydrogen (secondary N) is 3. The van der Waals surface area contributed by atoms with Crippen LogP contribution in [0.4, 0.5) is 4.79 Å². The first kappa shape index (κ1) is 32.2. The number of hydrogen-bond donors (Lipinski definition) is 3. The number of halogens is 1. The van der Waals surface area contributed by atoms with Gasteiger partial charge in [-0.2, -0.15) is 5.10 Å². The molecule has 0 saturated carbocycles. The van der Waals surface area contributed by atoms with Crippen LogP contribution in [0.5, 0.6) is 23.0 Å². The highest BCUT2D eigenvalue weighted by atomic mass is 127. The summed E-state index contributed by atoms with van der Waals surface area (Å²) in [4.78, 5) is 48.5. The van der Waals surface area contributed by atoms with E-state index in [1.54, 1.807) is 51.1 Å². The van der Waals surface area contributed by atoms with Crippen molar-refractivity contribution in [2.75, 3.05) is 26.9 Å². The molecule has 0 aromatic heterocycles. The minimum absolute atomic E-state index is 0.175. The molecule has 3 rings (SSSR count). The Morgan fingerprint density at radius 3 is 2.50 bits per heavy atom. The van der Waals surface area contributed by atoms with E-state index < -0.39 is 29.9 Å². The molecule has 14 heteroatoms. The number of carbonyl (C=O) groups is 4. The van der Waals surface area contributed by atoms with Crippen LogP contribution in [-0.2, 0) is 19.1 Å². The van der Waals surface area contributed by atoms with Gasteiger partial charge in [0, 0.05) is 12.6 Å². The zero-order chi connectivity index (χ0) is 30.8. The second-order valence-corrected chi connectivity index (χ2v) is 9.80. The van der Waals surface area contributed by atoms with Crippen molar-refractivity contribution in [3.8, 4) is 23.0 Å². The summed E-state index contributed by atoms with van der Waals surface area (Å²) in [7, 11) is 1.43. The summed E-state index contributed by atoms with van der Waals surface area (Å²) < 4.78 is 27.7. The fraction of sp³-hybridized carbons (Fsp3) is 0.321. The van der Waals surface area contributed by atoms with Crippen LogP contribution in [0.3, 0.4) is 0 Å². The van der Waals surface area contributed by atoms with Gasteiger partial charge in [-0.25, -0.2) is 15.0 Å². The van der Waals surface area contributed by atoms with Crippen molar-refractivity contribution in [3.05, 3.63) is 56.3 Å². The molecule has 1 aliphatic heterocycles. The van der Waals surface area contributed by atoms with Crippen molar-refractivity contribution in [2.45, 2.75) is 33.7 Å².